The highest BCUT2D eigenvalue weighted by Crippen LogP contribution is 2.27. The molecule has 1 aliphatic heterocycles. The second-order valence-corrected chi connectivity index (χ2v) is 9.52. The van der Waals surface area contributed by atoms with Crippen LogP contribution in [-0.2, 0) is 17.9 Å². The summed E-state index contributed by atoms with van der Waals surface area (Å²) in [5.74, 6) is -2.49. The first-order valence-electron chi connectivity index (χ1n) is 12.9. The quantitative estimate of drug-likeness (QED) is 0.427. The molecule has 0 spiro atoms. The number of hydrogen-bond donors (Lipinski definition) is 1. The maximum atomic E-state index is 13.9. The smallest absolute Gasteiger partial charge is 0.335 e. The number of nitrogens with zero attached hydrogens (tertiary/aromatic N) is 2. The Balaban J connectivity index is 1.64. The van der Waals surface area contributed by atoms with Gasteiger partial charge in [-0.1, -0.05) is 43.5 Å². The van der Waals surface area contributed by atoms with Crippen LogP contribution in [0.25, 0.3) is 0 Å². The van der Waals surface area contributed by atoms with Crippen molar-refractivity contribution in [3.8, 4) is 5.75 Å². The number of fused-ring (bicyclic) bond motifs is 1. The Bertz CT molecular complexity index is 1250. The predicted octanol–water partition coefficient (Wildman–Crippen LogP) is 6.04. The molecule has 1 amide bonds. The van der Waals surface area contributed by atoms with Crippen molar-refractivity contribution in [3.05, 3.63) is 95.1 Å². The SMILES string of the molecule is O=C(O)c1ccc2c(c1)CN(Cc1ccc(F)c(F)c1)CCCCCCCN2C(=O)COc1ccccc1. The number of carboxylic acid groups (broad SMARTS) is 1. The molecule has 0 bridgehead atoms. The van der Waals surface area contributed by atoms with Crippen molar-refractivity contribution in [1.82, 2.24) is 4.90 Å². The number of ether oxygens (including phenoxy) is 1. The summed E-state index contributed by atoms with van der Waals surface area (Å²) in [7, 11) is 0. The zero-order valence-electron chi connectivity index (χ0n) is 21.2. The van der Waals surface area contributed by atoms with E-state index < -0.39 is 17.6 Å². The standard InChI is InChI=1S/C30H32F2N2O4/c31-26-13-11-22(17-27(26)32)19-33-15-7-2-1-3-8-16-34(29(35)21-38-25-9-5-4-6-10-25)28-14-12-23(30(36)37)18-24(28)20-33/h4-6,9-14,17-18H,1-3,7-8,15-16,19-21H2,(H,36,37). The van der Waals surface area contributed by atoms with Crippen LogP contribution >= 0.6 is 0 Å². The first kappa shape index (κ1) is 27.3. The minimum absolute atomic E-state index is 0.122. The van der Waals surface area contributed by atoms with Gasteiger partial charge in [-0.15, -0.1) is 0 Å². The minimum Gasteiger partial charge on any atom is -0.484 e. The number of para-hydroxylation sites is 1. The monoisotopic (exact) mass is 522 g/mol. The van der Waals surface area contributed by atoms with Crippen molar-refractivity contribution in [2.75, 3.05) is 24.6 Å². The van der Waals surface area contributed by atoms with Gasteiger partial charge in [0.15, 0.2) is 18.2 Å². The fourth-order valence-corrected chi connectivity index (χ4v) is 4.71. The molecule has 0 fully saturated rings. The molecule has 3 aromatic carbocycles. The van der Waals surface area contributed by atoms with E-state index in [2.05, 4.69) is 4.90 Å². The van der Waals surface area contributed by atoms with Gasteiger partial charge in [-0.05, 0) is 73.0 Å². The number of aromatic carboxylic acids is 1. The van der Waals surface area contributed by atoms with Crippen LogP contribution in [0.3, 0.4) is 0 Å². The van der Waals surface area contributed by atoms with Crippen molar-refractivity contribution in [2.24, 2.45) is 0 Å². The second-order valence-electron chi connectivity index (χ2n) is 9.52. The number of carboxylic acids is 1. The first-order chi connectivity index (χ1) is 18.4. The van der Waals surface area contributed by atoms with E-state index in [0.717, 1.165) is 38.2 Å². The summed E-state index contributed by atoms with van der Waals surface area (Å²) >= 11 is 0. The fraction of sp³-hybridized carbons (Fsp3) is 0.333. The molecule has 6 nitrogen and oxygen atoms in total. The average molecular weight is 523 g/mol. The fourth-order valence-electron chi connectivity index (χ4n) is 4.71. The molecule has 38 heavy (non-hydrogen) atoms. The first-order valence-corrected chi connectivity index (χ1v) is 12.9. The number of carbonyl (C=O) groups is 2. The topological polar surface area (TPSA) is 70.1 Å². The van der Waals surface area contributed by atoms with E-state index in [4.69, 9.17) is 4.74 Å². The lowest BCUT2D eigenvalue weighted by molar-refractivity contribution is -0.120. The third kappa shape index (κ3) is 7.38. The van der Waals surface area contributed by atoms with Gasteiger partial charge in [0.25, 0.3) is 5.91 Å². The normalized spacial score (nSPS) is 15.2. The van der Waals surface area contributed by atoms with E-state index in [9.17, 15) is 23.5 Å². The maximum absolute atomic E-state index is 13.9. The van der Waals surface area contributed by atoms with Crippen molar-refractivity contribution in [2.45, 2.75) is 45.2 Å². The van der Waals surface area contributed by atoms with E-state index in [0.29, 0.717) is 48.7 Å². The number of anilines is 1. The van der Waals surface area contributed by atoms with Crippen molar-refractivity contribution in [1.29, 1.82) is 0 Å². The van der Waals surface area contributed by atoms with Crippen LogP contribution < -0.4 is 9.64 Å². The second kappa shape index (κ2) is 13.1. The largest absolute Gasteiger partial charge is 0.484 e. The lowest BCUT2D eigenvalue weighted by atomic mass is 10.0. The van der Waals surface area contributed by atoms with Crippen molar-refractivity contribution < 1.29 is 28.2 Å². The Morgan fingerprint density at radius 3 is 2.32 bits per heavy atom. The molecule has 3 aromatic rings. The minimum atomic E-state index is -1.06. The number of hydrogen-bond acceptors (Lipinski definition) is 4. The molecule has 0 unspecified atom stereocenters. The number of carbonyl (C=O) groups excluding carboxylic acids is 1. The third-order valence-electron chi connectivity index (χ3n) is 6.66. The molecule has 4 rings (SSSR count). The number of halogens is 2. The van der Waals surface area contributed by atoms with Gasteiger partial charge in [0.2, 0.25) is 0 Å². The van der Waals surface area contributed by atoms with Crippen LogP contribution in [0.2, 0.25) is 0 Å². The molecule has 8 heteroatoms. The molecular weight excluding hydrogens is 490 g/mol. The van der Waals surface area contributed by atoms with Gasteiger partial charge in [-0.25, -0.2) is 13.6 Å². The number of amides is 1. The molecule has 0 aliphatic carbocycles. The van der Waals surface area contributed by atoms with E-state index in [1.54, 1.807) is 35.2 Å². The van der Waals surface area contributed by atoms with Gasteiger partial charge in [0.1, 0.15) is 5.75 Å². The van der Waals surface area contributed by atoms with E-state index in [-0.39, 0.29) is 18.1 Å². The van der Waals surface area contributed by atoms with Crippen LogP contribution in [0.15, 0.2) is 66.7 Å². The van der Waals surface area contributed by atoms with Gasteiger partial charge < -0.3 is 14.7 Å². The molecule has 0 atom stereocenters. The predicted molar refractivity (Wildman–Crippen MR) is 141 cm³/mol. The summed E-state index contributed by atoms with van der Waals surface area (Å²) in [4.78, 5) is 29.0. The molecule has 200 valence electrons. The van der Waals surface area contributed by atoms with Crippen LogP contribution in [0, 0.1) is 11.6 Å². The average Bonchev–Trinajstić information content (AvgIpc) is 2.91. The Hall–Kier alpha value is -3.78. The van der Waals surface area contributed by atoms with Gasteiger partial charge in [0.05, 0.1) is 5.56 Å². The van der Waals surface area contributed by atoms with Gasteiger partial charge >= 0.3 is 5.97 Å². The molecule has 0 saturated heterocycles. The molecule has 1 aliphatic rings. The van der Waals surface area contributed by atoms with Crippen LogP contribution in [0.5, 0.6) is 5.75 Å². The lowest BCUT2D eigenvalue weighted by Crippen LogP contribution is -2.37. The summed E-state index contributed by atoms with van der Waals surface area (Å²) in [6.45, 7) is 1.74. The zero-order valence-corrected chi connectivity index (χ0v) is 21.2. The zero-order chi connectivity index (χ0) is 26.9. The highest BCUT2D eigenvalue weighted by Gasteiger charge is 2.22. The Morgan fingerprint density at radius 2 is 1.58 bits per heavy atom. The Morgan fingerprint density at radius 1 is 0.842 bits per heavy atom. The molecule has 1 N–H and O–H groups in total. The highest BCUT2D eigenvalue weighted by molar-refractivity contribution is 5.96. The highest BCUT2D eigenvalue weighted by atomic mass is 19.2. The van der Waals surface area contributed by atoms with Crippen LogP contribution in [0.4, 0.5) is 14.5 Å². The lowest BCUT2D eigenvalue weighted by Gasteiger charge is -2.29. The maximum Gasteiger partial charge on any atom is 0.335 e. The van der Waals surface area contributed by atoms with Crippen molar-refractivity contribution in [3.63, 3.8) is 0 Å². The molecule has 1 heterocycles. The summed E-state index contributed by atoms with van der Waals surface area (Å²) in [5.41, 5.74) is 2.06. The van der Waals surface area contributed by atoms with E-state index >= 15 is 0 Å². The molecule has 0 aromatic heterocycles. The summed E-state index contributed by atoms with van der Waals surface area (Å²) in [6, 6.07) is 17.8. The molecular formula is C30H32F2N2O4. The third-order valence-corrected chi connectivity index (χ3v) is 6.66. The molecule has 0 saturated carbocycles. The summed E-state index contributed by atoms with van der Waals surface area (Å²) < 4.78 is 33.1. The van der Waals surface area contributed by atoms with E-state index in [1.165, 1.54) is 12.1 Å². The Kier molecular flexibility index (Phi) is 9.43. The van der Waals surface area contributed by atoms with Gasteiger partial charge in [-0.3, -0.25) is 9.69 Å². The van der Waals surface area contributed by atoms with Gasteiger partial charge in [0, 0.05) is 25.3 Å². The number of benzene rings is 3. The molecule has 0 radical (unpaired) electrons. The Labute approximate surface area is 221 Å². The van der Waals surface area contributed by atoms with Crippen molar-refractivity contribution >= 4 is 17.6 Å². The summed E-state index contributed by atoms with van der Waals surface area (Å²) in [6.07, 6.45) is 4.71. The number of rotatable bonds is 6. The van der Waals surface area contributed by atoms with Gasteiger partial charge in [-0.2, -0.15) is 0 Å². The van der Waals surface area contributed by atoms with Crippen LogP contribution in [0.1, 0.15) is 53.6 Å². The van der Waals surface area contributed by atoms with Crippen LogP contribution in [-0.4, -0.2) is 41.6 Å². The van der Waals surface area contributed by atoms with E-state index in [1.807, 2.05) is 18.2 Å². The summed E-state index contributed by atoms with van der Waals surface area (Å²) in [5, 5.41) is 9.65.